The van der Waals surface area contributed by atoms with Crippen molar-refractivity contribution >= 4 is 28.7 Å². The molecule has 2 aromatic heterocycles. The molecule has 0 saturated carbocycles. The highest BCUT2D eigenvalue weighted by Crippen LogP contribution is 2.42. The first-order valence-corrected chi connectivity index (χ1v) is 11.3. The number of aryl methyl sites for hydroxylation is 2. The summed E-state index contributed by atoms with van der Waals surface area (Å²) in [7, 11) is 0. The molecule has 8 heteroatoms. The van der Waals surface area contributed by atoms with Gasteiger partial charge in [-0.05, 0) is 85.7 Å². The van der Waals surface area contributed by atoms with E-state index >= 15 is 0 Å². The normalized spacial score (nSPS) is 17.6. The van der Waals surface area contributed by atoms with Crippen LogP contribution < -0.4 is 10.2 Å². The molecule has 5 rings (SSSR count). The monoisotopic (exact) mass is 469 g/mol. The Hall–Kier alpha value is -4.04. The highest BCUT2D eigenvalue weighted by molar-refractivity contribution is 7.80. The second-order valence-corrected chi connectivity index (χ2v) is 8.73. The molecule has 1 fully saturated rings. The van der Waals surface area contributed by atoms with Crippen LogP contribution in [0, 0.1) is 24.0 Å². The minimum atomic E-state index is -0.391. The molecule has 2 atom stereocenters. The highest BCUT2D eigenvalue weighted by Gasteiger charge is 2.42. The second kappa shape index (κ2) is 8.72. The molecule has 34 heavy (non-hydrogen) atoms. The minimum absolute atomic E-state index is 0.0595. The van der Waals surface area contributed by atoms with E-state index in [1.807, 2.05) is 35.0 Å². The number of hydrogen-bond acceptors (Lipinski definition) is 4. The van der Waals surface area contributed by atoms with E-state index in [2.05, 4.69) is 53.3 Å². The largest absolute Gasteiger partial charge is 0.351 e. The van der Waals surface area contributed by atoms with Gasteiger partial charge in [-0.2, -0.15) is 0 Å². The van der Waals surface area contributed by atoms with E-state index < -0.39 is 4.92 Å². The number of nitro groups is 1. The Bertz CT molecular complexity index is 1370. The van der Waals surface area contributed by atoms with Crippen LogP contribution in [0.3, 0.4) is 0 Å². The fourth-order valence-corrected chi connectivity index (χ4v) is 4.76. The van der Waals surface area contributed by atoms with Crippen molar-refractivity contribution in [1.82, 2.24) is 14.9 Å². The zero-order valence-corrected chi connectivity index (χ0v) is 19.6. The third-order valence-electron chi connectivity index (χ3n) is 6.29. The van der Waals surface area contributed by atoms with Gasteiger partial charge in [-0.25, -0.2) is 0 Å². The molecular formula is C26H23N5O2S. The predicted octanol–water partition coefficient (Wildman–Crippen LogP) is 5.57. The van der Waals surface area contributed by atoms with Gasteiger partial charge in [0.15, 0.2) is 5.11 Å². The lowest BCUT2D eigenvalue weighted by Crippen LogP contribution is -2.30. The first-order chi connectivity index (χ1) is 16.4. The third kappa shape index (κ3) is 3.82. The van der Waals surface area contributed by atoms with Crippen LogP contribution in [0.1, 0.15) is 34.6 Å². The van der Waals surface area contributed by atoms with Crippen molar-refractivity contribution in [2.75, 3.05) is 4.90 Å². The fraction of sp³-hybridized carbons (Fsp3) is 0.154. The number of anilines is 1. The summed E-state index contributed by atoms with van der Waals surface area (Å²) in [5, 5.41) is 15.2. The van der Waals surface area contributed by atoms with Gasteiger partial charge in [0.25, 0.3) is 5.69 Å². The van der Waals surface area contributed by atoms with Crippen molar-refractivity contribution < 1.29 is 4.92 Å². The van der Waals surface area contributed by atoms with Crippen molar-refractivity contribution in [3.05, 3.63) is 118 Å². The van der Waals surface area contributed by atoms with Gasteiger partial charge in [0.05, 0.1) is 16.7 Å². The maximum Gasteiger partial charge on any atom is 0.269 e. The average Bonchev–Trinajstić information content (AvgIpc) is 3.46. The molecule has 0 spiro atoms. The standard InChI is InChI=1S/C26H23N5O2S/c1-17-8-9-21(16-18(17)2)30-25(24(28-26(30)34)22-6-3-4-14-27-22)23-7-5-15-29(23)19-10-12-20(13-11-19)31(32)33/h3-16,24-25H,1-2H3,(H,28,34)/t24-,25-/m1/s1. The second-order valence-electron chi connectivity index (χ2n) is 8.34. The molecule has 0 aliphatic carbocycles. The number of pyridine rings is 1. The van der Waals surface area contributed by atoms with Crippen LogP contribution in [0.15, 0.2) is 85.2 Å². The number of hydrogen-bond donors (Lipinski definition) is 1. The van der Waals surface area contributed by atoms with Gasteiger partial charge in [-0.3, -0.25) is 15.1 Å². The van der Waals surface area contributed by atoms with E-state index in [1.54, 1.807) is 18.3 Å². The number of aromatic nitrogens is 2. The summed E-state index contributed by atoms with van der Waals surface area (Å²) in [4.78, 5) is 17.5. The lowest BCUT2D eigenvalue weighted by molar-refractivity contribution is -0.384. The molecular weight excluding hydrogens is 446 g/mol. The number of thiocarbonyl (C=S) groups is 1. The summed E-state index contributed by atoms with van der Waals surface area (Å²) in [5.74, 6) is 0. The molecule has 0 unspecified atom stereocenters. The van der Waals surface area contributed by atoms with Crippen LogP contribution >= 0.6 is 12.2 Å². The van der Waals surface area contributed by atoms with Crippen molar-refractivity contribution in [2.45, 2.75) is 25.9 Å². The van der Waals surface area contributed by atoms with Crippen molar-refractivity contribution in [3.8, 4) is 5.69 Å². The predicted molar refractivity (Wildman–Crippen MR) is 136 cm³/mol. The number of rotatable bonds is 5. The van der Waals surface area contributed by atoms with E-state index in [0.717, 1.165) is 22.8 Å². The molecule has 3 heterocycles. The van der Waals surface area contributed by atoms with E-state index in [1.165, 1.54) is 23.3 Å². The molecule has 0 bridgehead atoms. The summed E-state index contributed by atoms with van der Waals surface area (Å²) >= 11 is 5.84. The van der Waals surface area contributed by atoms with Gasteiger partial charge in [0, 0.05) is 41.6 Å². The Kier molecular flexibility index (Phi) is 5.59. The topological polar surface area (TPSA) is 76.2 Å². The molecule has 1 aliphatic heterocycles. The molecule has 1 aliphatic rings. The van der Waals surface area contributed by atoms with Gasteiger partial charge in [0.1, 0.15) is 6.04 Å². The summed E-state index contributed by atoms with van der Waals surface area (Å²) in [5.41, 5.74) is 6.18. The lowest BCUT2D eigenvalue weighted by Gasteiger charge is -2.29. The molecule has 1 saturated heterocycles. The molecule has 0 amide bonds. The third-order valence-corrected chi connectivity index (χ3v) is 6.60. The van der Waals surface area contributed by atoms with Crippen LogP contribution in [-0.2, 0) is 0 Å². The average molecular weight is 470 g/mol. The Morgan fingerprint density at radius 1 is 0.971 bits per heavy atom. The fourth-order valence-electron chi connectivity index (χ4n) is 4.41. The number of benzene rings is 2. The molecule has 170 valence electrons. The van der Waals surface area contributed by atoms with E-state index in [-0.39, 0.29) is 17.8 Å². The summed E-state index contributed by atoms with van der Waals surface area (Å²) in [6.07, 6.45) is 3.75. The summed E-state index contributed by atoms with van der Waals surface area (Å²) in [6, 6.07) is 22.4. The Balaban J connectivity index is 1.65. The minimum Gasteiger partial charge on any atom is -0.351 e. The first-order valence-electron chi connectivity index (χ1n) is 10.9. The highest BCUT2D eigenvalue weighted by atomic mass is 32.1. The van der Waals surface area contributed by atoms with Crippen LogP contribution in [0.2, 0.25) is 0 Å². The van der Waals surface area contributed by atoms with Gasteiger partial charge in [0.2, 0.25) is 0 Å². The maximum absolute atomic E-state index is 11.1. The zero-order valence-electron chi connectivity index (χ0n) is 18.8. The summed E-state index contributed by atoms with van der Waals surface area (Å²) < 4.78 is 2.05. The summed E-state index contributed by atoms with van der Waals surface area (Å²) in [6.45, 7) is 4.18. The van der Waals surface area contributed by atoms with Crippen LogP contribution in [0.25, 0.3) is 5.69 Å². The van der Waals surface area contributed by atoms with Gasteiger partial charge in [-0.15, -0.1) is 0 Å². The van der Waals surface area contributed by atoms with E-state index in [0.29, 0.717) is 5.11 Å². The van der Waals surface area contributed by atoms with Crippen molar-refractivity contribution in [3.63, 3.8) is 0 Å². The number of nitrogens with zero attached hydrogens (tertiary/aromatic N) is 4. The van der Waals surface area contributed by atoms with Crippen LogP contribution in [0.4, 0.5) is 11.4 Å². The van der Waals surface area contributed by atoms with E-state index in [4.69, 9.17) is 12.2 Å². The molecule has 7 nitrogen and oxygen atoms in total. The zero-order chi connectivity index (χ0) is 23.8. The SMILES string of the molecule is Cc1ccc(N2C(=S)N[C@H](c3ccccn3)[C@H]2c2cccn2-c2ccc([N+](=O)[O-])cc2)cc1C. The Morgan fingerprint density at radius 2 is 1.74 bits per heavy atom. The van der Waals surface area contributed by atoms with Crippen LogP contribution in [-0.4, -0.2) is 19.6 Å². The number of non-ortho nitro benzene ring substituents is 1. The Labute approximate surface area is 202 Å². The van der Waals surface area contributed by atoms with Gasteiger partial charge < -0.3 is 14.8 Å². The quantitative estimate of drug-likeness (QED) is 0.234. The van der Waals surface area contributed by atoms with Gasteiger partial charge in [-0.1, -0.05) is 12.1 Å². The lowest BCUT2D eigenvalue weighted by atomic mass is 10.00. The first kappa shape index (κ1) is 21.8. The molecule has 4 aromatic rings. The van der Waals surface area contributed by atoms with Gasteiger partial charge >= 0.3 is 0 Å². The smallest absolute Gasteiger partial charge is 0.269 e. The Morgan fingerprint density at radius 3 is 2.41 bits per heavy atom. The van der Waals surface area contributed by atoms with E-state index in [9.17, 15) is 10.1 Å². The van der Waals surface area contributed by atoms with Crippen molar-refractivity contribution in [2.24, 2.45) is 0 Å². The number of nitro benzene ring substituents is 1. The van der Waals surface area contributed by atoms with Crippen LogP contribution in [0.5, 0.6) is 0 Å². The molecule has 2 aromatic carbocycles. The number of nitrogens with one attached hydrogen (secondary N) is 1. The molecule has 0 radical (unpaired) electrons. The molecule has 1 N–H and O–H groups in total. The maximum atomic E-state index is 11.1. The van der Waals surface area contributed by atoms with Crippen molar-refractivity contribution in [1.29, 1.82) is 0 Å².